The number of aromatic nitrogens is 1. The van der Waals surface area contributed by atoms with Gasteiger partial charge in [0.25, 0.3) is 5.91 Å². The molecule has 1 aliphatic heterocycles. The van der Waals surface area contributed by atoms with Gasteiger partial charge in [0.2, 0.25) is 11.5 Å². The maximum Gasteiger partial charge on any atom is 0.424 e. The molecule has 2 amide bonds. The number of nitrogens with zero attached hydrogens (tertiary/aromatic N) is 1. The van der Waals surface area contributed by atoms with E-state index in [1.165, 1.54) is 37.4 Å². The van der Waals surface area contributed by atoms with E-state index < -0.39 is 53.2 Å². The van der Waals surface area contributed by atoms with E-state index >= 15 is 0 Å². The highest BCUT2D eigenvalue weighted by Crippen LogP contribution is 2.61. The first kappa shape index (κ1) is 25.5. The van der Waals surface area contributed by atoms with E-state index in [1.807, 2.05) is 0 Å². The fourth-order valence-corrected chi connectivity index (χ4v) is 4.60. The van der Waals surface area contributed by atoms with Crippen molar-refractivity contribution in [2.75, 3.05) is 13.7 Å². The molecule has 8 nitrogen and oxygen atoms in total. The number of hydrogen-bond acceptors (Lipinski definition) is 6. The molecule has 2 aliphatic rings. The number of hydrogen-bond donors (Lipinski definition) is 3. The topological polar surface area (TPSA) is 124 Å². The second-order valence-corrected chi connectivity index (χ2v) is 9.16. The number of pyridine rings is 1. The molecule has 0 bridgehead atoms. The standard InChI is InChI=1S/C26H21F4N3O5/c1-37-16-4-2-3-14(9-16)22(34)32-12-25(36,26(28,29)30)18-10-17-21(38-19-11-24(17,19)23(31)35)20(33-18)13-5-7-15(27)8-6-13/h2-10,19,36H,11-12H2,1H3,(H2,31,35)(H,32,34)/t19?,24-,25?/m1/s1. The summed E-state index contributed by atoms with van der Waals surface area (Å²) in [5.41, 5.74) is -0.237. The molecular formula is C26H21F4N3O5. The Kier molecular flexibility index (Phi) is 5.82. The van der Waals surface area contributed by atoms with Crippen LogP contribution in [0.5, 0.6) is 11.5 Å². The highest BCUT2D eigenvalue weighted by Gasteiger charge is 2.69. The van der Waals surface area contributed by atoms with Crippen molar-refractivity contribution in [1.82, 2.24) is 10.3 Å². The van der Waals surface area contributed by atoms with Gasteiger partial charge in [-0.2, -0.15) is 13.2 Å². The lowest BCUT2D eigenvalue weighted by Crippen LogP contribution is -2.51. The molecule has 3 atom stereocenters. The maximum absolute atomic E-state index is 14.4. The lowest BCUT2D eigenvalue weighted by atomic mass is 9.89. The number of amides is 2. The minimum Gasteiger partial charge on any atom is -0.497 e. The highest BCUT2D eigenvalue weighted by atomic mass is 19.4. The summed E-state index contributed by atoms with van der Waals surface area (Å²) in [5.74, 6) is -1.95. The second kappa shape index (κ2) is 8.69. The van der Waals surface area contributed by atoms with Crippen LogP contribution in [0, 0.1) is 5.82 Å². The van der Waals surface area contributed by atoms with Crippen LogP contribution in [0.2, 0.25) is 0 Å². The van der Waals surface area contributed by atoms with Crippen LogP contribution in [-0.4, -0.2) is 47.8 Å². The Hall–Kier alpha value is -4.19. The SMILES string of the molecule is COc1cccc(C(=O)NCC(O)(c2cc3c(c(-c4ccc(F)cc4)n2)OC2C[C@@]32C(N)=O)C(F)(F)F)c1. The number of primary amides is 1. The fraction of sp³-hybridized carbons (Fsp3) is 0.269. The Labute approximate surface area is 213 Å². The van der Waals surface area contributed by atoms with Crippen molar-refractivity contribution in [1.29, 1.82) is 0 Å². The number of halogens is 4. The largest absolute Gasteiger partial charge is 0.497 e. The molecule has 2 unspecified atom stereocenters. The van der Waals surface area contributed by atoms with Crippen molar-refractivity contribution < 1.29 is 41.7 Å². The van der Waals surface area contributed by atoms with Crippen molar-refractivity contribution in [3.05, 3.63) is 77.2 Å². The van der Waals surface area contributed by atoms with Crippen LogP contribution in [0.1, 0.15) is 28.0 Å². The van der Waals surface area contributed by atoms with Crippen molar-refractivity contribution >= 4 is 11.8 Å². The van der Waals surface area contributed by atoms with E-state index in [9.17, 15) is 32.3 Å². The third kappa shape index (κ3) is 3.92. The summed E-state index contributed by atoms with van der Waals surface area (Å²) in [4.78, 5) is 29.0. The molecule has 38 heavy (non-hydrogen) atoms. The first-order chi connectivity index (χ1) is 17.9. The lowest BCUT2D eigenvalue weighted by molar-refractivity contribution is -0.265. The predicted molar refractivity (Wildman–Crippen MR) is 125 cm³/mol. The summed E-state index contributed by atoms with van der Waals surface area (Å²) >= 11 is 0. The third-order valence-electron chi connectivity index (χ3n) is 6.90. The third-order valence-corrected chi connectivity index (χ3v) is 6.90. The summed E-state index contributed by atoms with van der Waals surface area (Å²) in [6.07, 6.45) is -5.85. The number of aliphatic hydroxyl groups is 1. The van der Waals surface area contributed by atoms with Gasteiger partial charge in [-0.05, 0) is 48.5 Å². The first-order valence-electron chi connectivity index (χ1n) is 11.4. The van der Waals surface area contributed by atoms with Gasteiger partial charge in [-0.15, -0.1) is 0 Å². The quantitative estimate of drug-likeness (QED) is 0.403. The van der Waals surface area contributed by atoms with E-state index in [0.717, 1.165) is 18.2 Å². The average molecular weight is 531 g/mol. The van der Waals surface area contributed by atoms with E-state index in [-0.39, 0.29) is 34.6 Å². The predicted octanol–water partition coefficient (Wildman–Crippen LogP) is 2.96. The molecule has 4 N–H and O–H groups in total. The smallest absolute Gasteiger partial charge is 0.424 e. The van der Waals surface area contributed by atoms with Crippen LogP contribution in [0.25, 0.3) is 11.3 Å². The summed E-state index contributed by atoms with van der Waals surface area (Å²) in [6.45, 7) is -1.30. The molecule has 0 spiro atoms. The number of alkyl halides is 3. The Morgan fingerprint density at radius 1 is 1.21 bits per heavy atom. The molecule has 198 valence electrons. The van der Waals surface area contributed by atoms with Crippen LogP contribution >= 0.6 is 0 Å². The van der Waals surface area contributed by atoms with Crippen LogP contribution < -0.4 is 20.5 Å². The van der Waals surface area contributed by atoms with Gasteiger partial charge < -0.3 is 25.6 Å². The molecule has 12 heteroatoms. The molecule has 1 aliphatic carbocycles. The number of carbonyl (C=O) groups is 2. The van der Waals surface area contributed by atoms with Crippen molar-refractivity contribution in [2.24, 2.45) is 5.73 Å². The zero-order valence-corrected chi connectivity index (χ0v) is 19.8. The molecule has 5 rings (SSSR count). The van der Waals surface area contributed by atoms with Gasteiger partial charge in [-0.1, -0.05) is 6.07 Å². The monoisotopic (exact) mass is 531 g/mol. The first-order valence-corrected chi connectivity index (χ1v) is 11.4. The Bertz CT molecular complexity index is 1450. The summed E-state index contributed by atoms with van der Waals surface area (Å²) in [5, 5.41) is 13.1. The van der Waals surface area contributed by atoms with Gasteiger partial charge in [0, 0.05) is 23.1 Å². The molecule has 1 saturated carbocycles. The molecule has 1 fully saturated rings. The average Bonchev–Trinajstić information content (AvgIpc) is 3.53. The zero-order chi connectivity index (χ0) is 27.5. The zero-order valence-electron chi connectivity index (χ0n) is 19.8. The van der Waals surface area contributed by atoms with Crippen LogP contribution in [0.3, 0.4) is 0 Å². The Morgan fingerprint density at radius 3 is 2.55 bits per heavy atom. The van der Waals surface area contributed by atoms with Crippen molar-refractivity contribution in [3.8, 4) is 22.8 Å². The van der Waals surface area contributed by atoms with Crippen LogP contribution in [0.4, 0.5) is 17.6 Å². The number of ether oxygens (including phenoxy) is 2. The van der Waals surface area contributed by atoms with Gasteiger partial charge in [0.1, 0.15) is 28.8 Å². The Morgan fingerprint density at radius 2 is 1.92 bits per heavy atom. The van der Waals surface area contributed by atoms with Crippen LogP contribution in [-0.2, 0) is 15.8 Å². The molecule has 3 aromatic rings. The number of methoxy groups -OCH3 is 1. The van der Waals surface area contributed by atoms with E-state index in [0.29, 0.717) is 5.75 Å². The molecule has 2 aromatic carbocycles. The van der Waals surface area contributed by atoms with E-state index in [4.69, 9.17) is 15.2 Å². The minimum absolute atomic E-state index is 0.00434. The van der Waals surface area contributed by atoms with Gasteiger partial charge in [-0.3, -0.25) is 9.59 Å². The fourth-order valence-electron chi connectivity index (χ4n) is 4.60. The number of rotatable bonds is 7. The van der Waals surface area contributed by atoms with Gasteiger partial charge in [0.05, 0.1) is 19.3 Å². The van der Waals surface area contributed by atoms with E-state index in [2.05, 4.69) is 10.3 Å². The number of nitrogens with one attached hydrogen (secondary N) is 1. The number of benzene rings is 2. The molecule has 0 saturated heterocycles. The summed E-state index contributed by atoms with van der Waals surface area (Å²) in [6, 6.07) is 11.4. The number of fused-ring (bicyclic) bond motifs is 3. The van der Waals surface area contributed by atoms with E-state index in [1.54, 1.807) is 6.07 Å². The number of nitrogens with two attached hydrogens (primary N) is 1. The van der Waals surface area contributed by atoms with Crippen molar-refractivity contribution in [2.45, 2.75) is 29.7 Å². The molecule has 0 radical (unpaired) electrons. The van der Waals surface area contributed by atoms with Crippen LogP contribution in [0.15, 0.2) is 54.6 Å². The van der Waals surface area contributed by atoms with Gasteiger partial charge in [0.15, 0.2) is 5.75 Å². The Balaban J connectivity index is 1.60. The normalized spacial score (nSPS) is 20.9. The number of carbonyl (C=O) groups excluding carboxylic acids is 2. The van der Waals surface area contributed by atoms with Gasteiger partial charge in [-0.25, -0.2) is 9.37 Å². The summed E-state index contributed by atoms with van der Waals surface area (Å²) in [7, 11) is 1.37. The molecule has 1 aromatic heterocycles. The lowest BCUT2D eigenvalue weighted by Gasteiger charge is -2.31. The second-order valence-electron chi connectivity index (χ2n) is 9.16. The highest BCUT2D eigenvalue weighted by molar-refractivity contribution is 5.95. The van der Waals surface area contributed by atoms with Gasteiger partial charge >= 0.3 is 6.18 Å². The maximum atomic E-state index is 14.4. The molecule has 2 heterocycles. The van der Waals surface area contributed by atoms with Crippen molar-refractivity contribution in [3.63, 3.8) is 0 Å². The minimum atomic E-state index is -5.31. The summed E-state index contributed by atoms with van der Waals surface area (Å²) < 4.78 is 67.7. The molecular weight excluding hydrogens is 510 g/mol.